The number of hydrogen-bond donors (Lipinski definition) is 1. The normalized spacial score (nSPS) is 10.0. The number of halogens is 1. The minimum atomic E-state index is -1.12. The highest BCUT2D eigenvalue weighted by molar-refractivity contribution is 14.1. The van der Waals surface area contributed by atoms with Crippen LogP contribution in [0.3, 0.4) is 0 Å². The van der Waals surface area contributed by atoms with Crippen molar-refractivity contribution in [3.8, 4) is 0 Å². The van der Waals surface area contributed by atoms with Crippen molar-refractivity contribution >= 4 is 34.5 Å². The van der Waals surface area contributed by atoms with Crippen LogP contribution < -0.4 is 0 Å². The Morgan fingerprint density at radius 1 is 1.41 bits per heavy atom. The fourth-order valence-corrected chi connectivity index (χ4v) is 2.01. The van der Waals surface area contributed by atoms with Crippen molar-refractivity contribution in [1.82, 2.24) is 0 Å². The zero-order chi connectivity index (χ0) is 12.8. The Morgan fingerprint density at radius 3 is 2.71 bits per heavy atom. The summed E-state index contributed by atoms with van der Waals surface area (Å²) in [4.78, 5) is 22.8. The summed E-state index contributed by atoms with van der Waals surface area (Å²) in [6.07, 6.45) is 1.70. The monoisotopic (exact) mass is 348 g/mol. The van der Waals surface area contributed by atoms with Gasteiger partial charge in [0.1, 0.15) is 0 Å². The van der Waals surface area contributed by atoms with Crippen molar-refractivity contribution in [3.63, 3.8) is 0 Å². The maximum atomic E-state index is 11.8. The molecule has 0 atom stereocenters. The second-order valence-corrected chi connectivity index (χ2v) is 4.62. The van der Waals surface area contributed by atoms with Gasteiger partial charge in [-0.15, -0.1) is 0 Å². The first-order valence-corrected chi connectivity index (χ1v) is 6.34. The van der Waals surface area contributed by atoms with Crippen molar-refractivity contribution in [2.45, 2.75) is 19.8 Å². The lowest BCUT2D eigenvalue weighted by Gasteiger charge is -2.08. The number of carboxylic acids is 1. The Morgan fingerprint density at radius 2 is 2.12 bits per heavy atom. The smallest absolute Gasteiger partial charge is 0.340 e. The van der Waals surface area contributed by atoms with E-state index in [0.717, 1.165) is 12.8 Å². The van der Waals surface area contributed by atoms with Gasteiger partial charge in [-0.2, -0.15) is 0 Å². The number of aromatic carboxylic acids is 1. The molecule has 1 aromatic rings. The highest BCUT2D eigenvalue weighted by atomic mass is 127. The number of esters is 1. The topological polar surface area (TPSA) is 63.6 Å². The van der Waals surface area contributed by atoms with Crippen molar-refractivity contribution in [3.05, 3.63) is 32.9 Å². The van der Waals surface area contributed by atoms with Gasteiger partial charge in [-0.3, -0.25) is 0 Å². The Bertz CT molecular complexity index is 429. The molecule has 0 bridgehead atoms. The summed E-state index contributed by atoms with van der Waals surface area (Å²) in [6.45, 7) is 2.31. The summed E-state index contributed by atoms with van der Waals surface area (Å²) in [5, 5.41) is 9.00. The van der Waals surface area contributed by atoms with Crippen LogP contribution >= 0.6 is 22.6 Å². The third kappa shape index (κ3) is 3.69. The predicted molar refractivity (Wildman–Crippen MR) is 71.3 cm³/mol. The third-order valence-electron chi connectivity index (χ3n) is 2.18. The van der Waals surface area contributed by atoms with Gasteiger partial charge in [0.05, 0.1) is 17.7 Å². The molecule has 92 valence electrons. The fraction of sp³-hybridized carbons (Fsp3) is 0.333. The molecule has 0 unspecified atom stereocenters. The van der Waals surface area contributed by atoms with Gasteiger partial charge in [0.2, 0.25) is 0 Å². The number of carbonyl (C=O) groups excluding carboxylic acids is 1. The molecule has 0 amide bonds. The van der Waals surface area contributed by atoms with Crippen LogP contribution in [0.2, 0.25) is 0 Å². The number of ether oxygens (including phenoxy) is 1. The van der Waals surface area contributed by atoms with Crippen LogP contribution in [0.15, 0.2) is 18.2 Å². The lowest BCUT2D eigenvalue weighted by Crippen LogP contribution is -2.14. The van der Waals surface area contributed by atoms with E-state index in [0.29, 0.717) is 10.2 Å². The lowest BCUT2D eigenvalue weighted by atomic mass is 10.1. The van der Waals surface area contributed by atoms with Crippen molar-refractivity contribution < 1.29 is 19.4 Å². The van der Waals surface area contributed by atoms with E-state index in [4.69, 9.17) is 9.84 Å². The summed E-state index contributed by atoms with van der Waals surface area (Å²) in [7, 11) is 0. The average Bonchev–Trinajstić information content (AvgIpc) is 2.28. The molecule has 0 fully saturated rings. The van der Waals surface area contributed by atoms with Crippen LogP contribution in [0.25, 0.3) is 0 Å². The van der Waals surface area contributed by atoms with Gasteiger partial charge >= 0.3 is 11.9 Å². The van der Waals surface area contributed by atoms with Gasteiger partial charge in [0, 0.05) is 3.57 Å². The van der Waals surface area contributed by atoms with Crippen molar-refractivity contribution in [2.24, 2.45) is 0 Å². The maximum Gasteiger partial charge on any atom is 0.340 e. The molecule has 17 heavy (non-hydrogen) atoms. The molecule has 1 N–H and O–H groups in total. The van der Waals surface area contributed by atoms with Crippen LogP contribution in [-0.2, 0) is 4.74 Å². The molecule has 4 nitrogen and oxygen atoms in total. The summed E-state index contributed by atoms with van der Waals surface area (Å²) in [5.41, 5.74) is 0.120. The predicted octanol–water partition coefficient (Wildman–Crippen LogP) is 2.95. The molecule has 0 aliphatic heterocycles. The molecule has 0 saturated heterocycles. The zero-order valence-electron chi connectivity index (χ0n) is 9.40. The average molecular weight is 348 g/mol. The van der Waals surface area contributed by atoms with E-state index in [1.807, 2.05) is 29.5 Å². The molecule has 0 radical (unpaired) electrons. The van der Waals surface area contributed by atoms with E-state index in [1.165, 1.54) is 6.07 Å². The van der Waals surface area contributed by atoms with E-state index in [-0.39, 0.29) is 11.1 Å². The van der Waals surface area contributed by atoms with Gasteiger partial charge < -0.3 is 9.84 Å². The summed E-state index contributed by atoms with van der Waals surface area (Å²) < 4.78 is 5.62. The molecule has 0 aliphatic rings. The largest absolute Gasteiger partial charge is 0.478 e. The van der Waals surface area contributed by atoms with E-state index in [1.54, 1.807) is 12.1 Å². The number of unbranched alkanes of at least 4 members (excludes halogenated alkanes) is 1. The molecule has 5 heteroatoms. The van der Waals surface area contributed by atoms with Crippen LogP contribution in [0.4, 0.5) is 0 Å². The Labute approximate surface area is 113 Å². The SMILES string of the molecule is CCCCOC(=O)c1c(I)cccc1C(=O)O. The van der Waals surface area contributed by atoms with Gasteiger partial charge in [-0.1, -0.05) is 19.4 Å². The van der Waals surface area contributed by atoms with Crippen LogP contribution in [0, 0.1) is 3.57 Å². The molecule has 0 aromatic heterocycles. The summed E-state index contributed by atoms with van der Waals surface area (Å²) >= 11 is 1.93. The summed E-state index contributed by atoms with van der Waals surface area (Å²) in [6, 6.07) is 4.69. The molecule has 1 aromatic carbocycles. The highest BCUT2D eigenvalue weighted by Crippen LogP contribution is 2.18. The van der Waals surface area contributed by atoms with Crippen LogP contribution in [0.5, 0.6) is 0 Å². The number of rotatable bonds is 5. The number of carboxylic acid groups (broad SMARTS) is 1. The van der Waals surface area contributed by atoms with Gasteiger partial charge in [-0.05, 0) is 41.1 Å². The van der Waals surface area contributed by atoms with Crippen molar-refractivity contribution in [1.29, 1.82) is 0 Å². The molecule has 0 spiro atoms. The zero-order valence-corrected chi connectivity index (χ0v) is 11.6. The van der Waals surface area contributed by atoms with Gasteiger partial charge in [0.15, 0.2) is 0 Å². The minimum absolute atomic E-state index is 0.0154. The molecule has 0 saturated carbocycles. The van der Waals surface area contributed by atoms with E-state index in [2.05, 4.69) is 0 Å². The van der Waals surface area contributed by atoms with Crippen molar-refractivity contribution in [2.75, 3.05) is 6.61 Å². The first-order valence-electron chi connectivity index (χ1n) is 5.26. The first-order chi connectivity index (χ1) is 8.07. The number of hydrogen-bond acceptors (Lipinski definition) is 3. The summed E-state index contributed by atoms with van der Waals surface area (Å²) in [5.74, 6) is -1.69. The van der Waals surface area contributed by atoms with E-state index in [9.17, 15) is 9.59 Å². The quantitative estimate of drug-likeness (QED) is 0.505. The second kappa shape index (κ2) is 6.58. The van der Waals surface area contributed by atoms with Crippen LogP contribution in [-0.4, -0.2) is 23.7 Å². The standard InChI is InChI=1S/C12H13IO4/c1-2-3-7-17-12(16)10-8(11(14)15)5-4-6-9(10)13/h4-6H,2-3,7H2,1H3,(H,14,15). The Hall–Kier alpha value is -1.11. The van der Waals surface area contributed by atoms with Crippen LogP contribution in [0.1, 0.15) is 40.5 Å². The Balaban J connectivity index is 2.95. The number of benzene rings is 1. The minimum Gasteiger partial charge on any atom is -0.478 e. The highest BCUT2D eigenvalue weighted by Gasteiger charge is 2.20. The first kappa shape index (κ1) is 14.0. The molecular formula is C12H13IO4. The Kier molecular flexibility index (Phi) is 5.40. The number of carbonyl (C=O) groups is 2. The third-order valence-corrected chi connectivity index (χ3v) is 3.08. The molecule has 1 rings (SSSR count). The molecule has 0 heterocycles. The lowest BCUT2D eigenvalue weighted by molar-refractivity contribution is 0.0488. The fourth-order valence-electron chi connectivity index (χ4n) is 1.29. The van der Waals surface area contributed by atoms with Gasteiger partial charge in [-0.25, -0.2) is 9.59 Å². The van der Waals surface area contributed by atoms with E-state index < -0.39 is 11.9 Å². The molecular weight excluding hydrogens is 335 g/mol. The maximum absolute atomic E-state index is 11.8. The molecule has 0 aliphatic carbocycles. The second-order valence-electron chi connectivity index (χ2n) is 3.46. The van der Waals surface area contributed by atoms with E-state index >= 15 is 0 Å². The van der Waals surface area contributed by atoms with Gasteiger partial charge in [0.25, 0.3) is 0 Å².